The summed E-state index contributed by atoms with van der Waals surface area (Å²) >= 11 is 1.34. The van der Waals surface area contributed by atoms with Crippen LogP contribution in [-0.4, -0.2) is 32.7 Å². The number of H-pyrrole nitrogens is 1. The Bertz CT molecular complexity index is 481. The molecule has 0 fully saturated rings. The maximum atomic E-state index is 11.5. The normalized spacial score (nSPS) is 10.2. The molecular weight excluding hydrogens is 242 g/mol. The van der Waals surface area contributed by atoms with Gasteiger partial charge in [-0.2, -0.15) is 5.10 Å². The van der Waals surface area contributed by atoms with Crippen LogP contribution < -0.4 is 5.32 Å². The molecule has 2 rings (SSSR count). The van der Waals surface area contributed by atoms with Crippen LogP contribution in [0.5, 0.6) is 0 Å². The maximum absolute atomic E-state index is 11.5. The average molecular weight is 253 g/mol. The zero-order valence-electron chi connectivity index (χ0n) is 9.14. The van der Waals surface area contributed by atoms with Gasteiger partial charge in [0.15, 0.2) is 5.69 Å². The Hall–Kier alpha value is -1.96. The number of nitrogens with zero attached hydrogens (tertiary/aromatic N) is 3. The van der Waals surface area contributed by atoms with E-state index < -0.39 is 5.97 Å². The highest BCUT2D eigenvalue weighted by molar-refractivity contribution is 7.14. The molecule has 7 nitrogen and oxygen atoms in total. The minimum atomic E-state index is -0.422. The van der Waals surface area contributed by atoms with Crippen molar-refractivity contribution in [3.05, 3.63) is 23.4 Å². The van der Waals surface area contributed by atoms with Gasteiger partial charge in [0.25, 0.3) is 0 Å². The van der Waals surface area contributed by atoms with Gasteiger partial charge in [0.05, 0.1) is 18.7 Å². The third kappa shape index (κ3) is 2.78. The van der Waals surface area contributed by atoms with E-state index in [0.29, 0.717) is 29.7 Å². The van der Waals surface area contributed by atoms with Crippen LogP contribution in [-0.2, 0) is 11.3 Å². The molecular formula is C9H11N5O2S. The summed E-state index contributed by atoms with van der Waals surface area (Å²) in [6, 6.07) is 0. The molecule has 8 heteroatoms. The summed E-state index contributed by atoms with van der Waals surface area (Å²) in [4.78, 5) is 19.5. The van der Waals surface area contributed by atoms with Gasteiger partial charge in [0, 0.05) is 0 Å². The molecule has 0 unspecified atom stereocenters. The van der Waals surface area contributed by atoms with E-state index in [1.165, 1.54) is 17.7 Å². The van der Waals surface area contributed by atoms with Crippen LogP contribution in [0.4, 0.5) is 5.00 Å². The third-order valence-corrected chi connectivity index (χ3v) is 2.70. The molecule has 0 saturated carbocycles. The van der Waals surface area contributed by atoms with Gasteiger partial charge in [-0.25, -0.2) is 14.8 Å². The first-order valence-electron chi connectivity index (χ1n) is 5.00. The second kappa shape index (κ2) is 5.39. The molecule has 90 valence electrons. The highest BCUT2D eigenvalue weighted by Crippen LogP contribution is 2.21. The van der Waals surface area contributed by atoms with Gasteiger partial charge < -0.3 is 10.1 Å². The third-order valence-electron chi connectivity index (χ3n) is 1.92. The zero-order chi connectivity index (χ0) is 12.1. The molecule has 0 aromatic carbocycles. The first kappa shape index (κ1) is 11.5. The minimum Gasteiger partial charge on any atom is -0.461 e. The molecule has 2 heterocycles. The second-order valence-corrected chi connectivity index (χ2v) is 3.89. The van der Waals surface area contributed by atoms with Crippen molar-refractivity contribution in [1.82, 2.24) is 20.2 Å². The molecule has 0 aliphatic carbocycles. The summed E-state index contributed by atoms with van der Waals surface area (Å²) in [5.74, 6) is 0.266. The van der Waals surface area contributed by atoms with Gasteiger partial charge in [-0.15, -0.1) is 11.3 Å². The summed E-state index contributed by atoms with van der Waals surface area (Å²) in [5.41, 5.74) is 1.89. The maximum Gasteiger partial charge on any atom is 0.360 e. The van der Waals surface area contributed by atoms with Gasteiger partial charge in [-0.3, -0.25) is 5.10 Å². The molecule has 2 aromatic heterocycles. The van der Waals surface area contributed by atoms with Crippen molar-refractivity contribution < 1.29 is 9.53 Å². The summed E-state index contributed by atoms with van der Waals surface area (Å²) in [5, 5.41) is 10.2. The molecule has 0 saturated heterocycles. The zero-order valence-corrected chi connectivity index (χ0v) is 9.95. The number of hydrogen-bond acceptors (Lipinski definition) is 7. The van der Waals surface area contributed by atoms with Crippen LogP contribution in [0.15, 0.2) is 11.8 Å². The lowest BCUT2D eigenvalue weighted by atomic mass is 10.4. The van der Waals surface area contributed by atoms with Crippen LogP contribution in [0.2, 0.25) is 0 Å². The lowest BCUT2D eigenvalue weighted by molar-refractivity contribution is 0.0521. The Morgan fingerprint density at radius 2 is 2.47 bits per heavy atom. The Kier molecular flexibility index (Phi) is 3.66. The number of thiazole rings is 1. The SMILES string of the molecule is CCOC(=O)c1ncsc1NCc1ncn[nH]1. The number of hydrogen-bond donors (Lipinski definition) is 2. The number of rotatable bonds is 5. The summed E-state index contributed by atoms with van der Waals surface area (Å²) < 4.78 is 4.89. The van der Waals surface area contributed by atoms with Crippen molar-refractivity contribution in [2.45, 2.75) is 13.5 Å². The van der Waals surface area contributed by atoms with Crippen LogP contribution >= 0.6 is 11.3 Å². The monoisotopic (exact) mass is 253 g/mol. The van der Waals surface area contributed by atoms with Crippen molar-refractivity contribution in [2.75, 3.05) is 11.9 Å². The lowest BCUT2D eigenvalue weighted by Gasteiger charge is -2.03. The molecule has 0 atom stereocenters. The molecule has 2 aromatic rings. The van der Waals surface area contributed by atoms with Gasteiger partial charge in [0.2, 0.25) is 0 Å². The standard InChI is InChI=1S/C9H11N5O2S/c1-2-16-9(15)7-8(17-5-12-7)10-3-6-11-4-13-14-6/h4-5,10H,2-3H2,1H3,(H,11,13,14). The molecule has 0 amide bonds. The van der Waals surface area contributed by atoms with E-state index in [2.05, 4.69) is 25.5 Å². The van der Waals surface area contributed by atoms with E-state index in [4.69, 9.17) is 4.74 Å². The van der Waals surface area contributed by atoms with E-state index in [1.54, 1.807) is 12.4 Å². The lowest BCUT2D eigenvalue weighted by Crippen LogP contribution is -2.09. The Morgan fingerprint density at radius 1 is 1.59 bits per heavy atom. The highest BCUT2D eigenvalue weighted by atomic mass is 32.1. The number of carbonyl (C=O) groups excluding carboxylic acids is 1. The number of anilines is 1. The average Bonchev–Trinajstić information content (AvgIpc) is 2.98. The van der Waals surface area contributed by atoms with E-state index in [1.807, 2.05) is 0 Å². The second-order valence-electron chi connectivity index (χ2n) is 3.04. The van der Waals surface area contributed by atoms with Gasteiger partial charge in [0.1, 0.15) is 17.2 Å². The summed E-state index contributed by atoms with van der Waals surface area (Å²) in [6.45, 7) is 2.54. The molecule has 0 bridgehead atoms. The van der Waals surface area contributed by atoms with Gasteiger partial charge >= 0.3 is 5.97 Å². The fourth-order valence-electron chi connectivity index (χ4n) is 1.20. The Morgan fingerprint density at radius 3 is 3.18 bits per heavy atom. The molecule has 0 spiro atoms. The van der Waals surface area contributed by atoms with E-state index in [0.717, 1.165) is 0 Å². The fraction of sp³-hybridized carbons (Fsp3) is 0.333. The number of esters is 1. The smallest absolute Gasteiger partial charge is 0.360 e. The number of aromatic amines is 1. The van der Waals surface area contributed by atoms with Crippen LogP contribution in [0.1, 0.15) is 23.2 Å². The number of aromatic nitrogens is 4. The van der Waals surface area contributed by atoms with E-state index in [-0.39, 0.29) is 0 Å². The Balaban J connectivity index is 2.01. The van der Waals surface area contributed by atoms with Gasteiger partial charge in [-0.1, -0.05) is 0 Å². The first-order chi connectivity index (χ1) is 8.31. The van der Waals surface area contributed by atoms with Crippen LogP contribution in [0, 0.1) is 0 Å². The van der Waals surface area contributed by atoms with Crippen LogP contribution in [0.25, 0.3) is 0 Å². The molecule has 17 heavy (non-hydrogen) atoms. The fourth-order valence-corrected chi connectivity index (χ4v) is 1.86. The first-order valence-corrected chi connectivity index (χ1v) is 5.88. The predicted molar refractivity (Wildman–Crippen MR) is 61.8 cm³/mol. The van der Waals surface area contributed by atoms with Crippen molar-refractivity contribution in [1.29, 1.82) is 0 Å². The number of carbonyl (C=O) groups is 1. The highest BCUT2D eigenvalue weighted by Gasteiger charge is 2.15. The number of nitrogens with one attached hydrogen (secondary N) is 2. The molecule has 2 N–H and O–H groups in total. The summed E-state index contributed by atoms with van der Waals surface area (Å²) in [7, 11) is 0. The topological polar surface area (TPSA) is 92.8 Å². The molecule has 0 aliphatic heterocycles. The van der Waals surface area contributed by atoms with Crippen molar-refractivity contribution in [3.8, 4) is 0 Å². The van der Waals surface area contributed by atoms with E-state index in [9.17, 15) is 4.79 Å². The number of ether oxygens (including phenoxy) is 1. The summed E-state index contributed by atoms with van der Waals surface area (Å²) in [6.07, 6.45) is 1.43. The predicted octanol–water partition coefficient (Wildman–Crippen LogP) is 1.05. The van der Waals surface area contributed by atoms with Crippen LogP contribution in [0.3, 0.4) is 0 Å². The van der Waals surface area contributed by atoms with Crippen molar-refractivity contribution in [2.24, 2.45) is 0 Å². The van der Waals surface area contributed by atoms with Crippen molar-refractivity contribution >= 4 is 22.3 Å². The van der Waals surface area contributed by atoms with Crippen molar-refractivity contribution in [3.63, 3.8) is 0 Å². The molecule has 0 radical (unpaired) electrons. The molecule has 0 aliphatic rings. The quantitative estimate of drug-likeness (QED) is 0.774. The minimum absolute atomic E-state index is 0.302. The largest absolute Gasteiger partial charge is 0.461 e. The Labute approximate surface area is 101 Å². The van der Waals surface area contributed by atoms with E-state index >= 15 is 0 Å². The van der Waals surface area contributed by atoms with Gasteiger partial charge in [-0.05, 0) is 6.92 Å².